The molecule has 1 heterocycles. The van der Waals surface area contributed by atoms with Gasteiger partial charge in [0.1, 0.15) is 17.6 Å². The fraction of sp³-hybridized carbons (Fsp3) is 0.435. The van der Waals surface area contributed by atoms with E-state index in [-0.39, 0.29) is 6.10 Å². The van der Waals surface area contributed by atoms with Gasteiger partial charge >= 0.3 is 0 Å². The molecule has 28 heavy (non-hydrogen) atoms. The molecule has 0 atom stereocenters. The van der Waals surface area contributed by atoms with Gasteiger partial charge in [-0.25, -0.2) is 0 Å². The lowest BCUT2D eigenvalue weighted by atomic mass is 10.1. The number of likely N-dealkylation sites (tertiary alicyclic amines) is 1. The number of ether oxygens (including phenoxy) is 2. The fourth-order valence-corrected chi connectivity index (χ4v) is 3.62. The highest BCUT2D eigenvalue weighted by atomic mass is 16.5. The van der Waals surface area contributed by atoms with Gasteiger partial charge in [0.2, 0.25) is 0 Å². The van der Waals surface area contributed by atoms with E-state index in [1.807, 2.05) is 43.4 Å². The standard InChI is InChI=1S/C23H31N3O2/c1-18-9-10-22(27-3)19(17-18)11-14-25-23(24-2)26-15-12-21(13-16-26)28-20-7-5-4-6-8-20/h4-10,17,21H,11-16H2,1-3H3,(H,24,25). The Morgan fingerprint density at radius 2 is 1.89 bits per heavy atom. The monoisotopic (exact) mass is 381 g/mol. The van der Waals surface area contributed by atoms with Crippen LogP contribution in [0.4, 0.5) is 0 Å². The zero-order chi connectivity index (χ0) is 19.8. The van der Waals surface area contributed by atoms with Gasteiger partial charge < -0.3 is 19.7 Å². The summed E-state index contributed by atoms with van der Waals surface area (Å²) in [5.74, 6) is 2.86. The van der Waals surface area contributed by atoms with Crippen molar-refractivity contribution in [1.82, 2.24) is 10.2 Å². The zero-order valence-electron chi connectivity index (χ0n) is 17.1. The molecule has 1 fully saturated rings. The molecule has 0 saturated carbocycles. The molecular formula is C23H31N3O2. The summed E-state index contributed by atoms with van der Waals surface area (Å²) in [6.45, 7) is 4.83. The van der Waals surface area contributed by atoms with Crippen LogP contribution in [0.2, 0.25) is 0 Å². The SMILES string of the molecule is CN=C(NCCc1cc(C)ccc1OC)N1CCC(Oc2ccccc2)CC1. The lowest BCUT2D eigenvalue weighted by Gasteiger charge is -2.34. The van der Waals surface area contributed by atoms with Crippen molar-refractivity contribution in [3.8, 4) is 11.5 Å². The van der Waals surface area contributed by atoms with E-state index in [1.54, 1.807) is 7.11 Å². The summed E-state index contributed by atoms with van der Waals surface area (Å²) in [6, 6.07) is 16.4. The number of para-hydroxylation sites is 1. The molecule has 1 N–H and O–H groups in total. The normalized spacial score (nSPS) is 15.4. The van der Waals surface area contributed by atoms with Crippen LogP contribution in [0.5, 0.6) is 11.5 Å². The predicted octanol–water partition coefficient (Wildman–Crippen LogP) is 3.66. The van der Waals surface area contributed by atoms with Crippen molar-refractivity contribution in [3.05, 3.63) is 59.7 Å². The van der Waals surface area contributed by atoms with Crippen molar-refractivity contribution >= 4 is 5.96 Å². The Hall–Kier alpha value is -2.69. The third-order valence-electron chi connectivity index (χ3n) is 5.11. The largest absolute Gasteiger partial charge is 0.496 e. The molecule has 3 rings (SSSR count). The third kappa shape index (κ3) is 5.41. The van der Waals surface area contributed by atoms with E-state index < -0.39 is 0 Å². The number of methoxy groups -OCH3 is 1. The highest BCUT2D eigenvalue weighted by Crippen LogP contribution is 2.20. The van der Waals surface area contributed by atoms with Gasteiger partial charge in [0, 0.05) is 39.5 Å². The Labute approximate surface area is 168 Å². The number of aryl methyl sites for hydroxylation is 1. The van der Waals surface area contributed by atoms with Crippen molar-refractivity contribution in [2.24, 2.45) is 4.99 Å². The van der Waals surface area contributed by atoms with Crippen molar-refractivity contribution in [2.75, 3.05) is 33.8 Å². The number of guanidine groups is 1. The van der Waals surface area contributed by atoms with Crippen LogP contribution in [0.15, 0.2) is 53.5 Å². The molecule has 0 aliphatic carbocycles. The van der Waals surface area contributed by atoms with E-state index in [9.17, 15) is 0 Å². The summed E-state index contributed by atoms with van der Waals surface area (Å²) < 4.78 is 11.6. The average Bonchev–Trinajstić information content (AvgIpc) is 2.73. The Balaban J connectivity index is 1.47. The number of benzene rings is 2. The van der Waals surface area contributed by atoms with Gasteiger partial charge in [-0.05, 0) is 37.1 Å². The van der Waals surface area contributed by atoms with Crippen molar-refractivity contribution < 1.29 is 9.47 Å². The lowest BCUT2D eigenvalue weighted by molar-refractivity contribution is 0.129. The van der Waals surface area contributed by atoms with E-state index in [2.05, 4.69) is 34.3 Å². The maximum atomic E-state index is 6.09. The Morgan fingerprint density at radius 3 is 2.57 bits per heavy atom. The van der Waals surface area contributed by atoms with Gasteiger partial charge in [0.05, 0.1) is 7.11 Å². The molecule has 0 unspecified atom stereocenters. The van der Waals surface area contributed by atoms with Gasteiger partial charge in [-0.15, -0.1) is 0 Å². The number of nitrogens with zero attached hydrogens (tertiary/aromatic N) is 2. The zero-order valence-corrected chi connectivity index (χ0v) is 17.1. The topological polar surface area (TPSA) is 46.1 Å². The van der Waals surface area contributed by atoms with Crippen LogP contribution in [0.25, 0.3) is 0 Å². The van der Waals surface area contributed by atoms with Crippen LogP contribution in [-0.2, 0) is 6.42 Å². The molecule has 0 amide bonds. The minimum atomic E-state index is 0.272. The molecule has 2 aromatic rings. The summed E-state index contributed by atoms with van der Waals surface area (Å²) in [5, 5.41) is 3.50. The number of rotatable bonds is 6. The van der Waals surface area contributed by atoms with Gasteiger partial charge in [-0.3, -0.25) is 4.99 Å². The smallest absolute Gasteiger partial charge is 0.193 e. The second-order valence-corrected chi connectivity index (χ2v) is 7.16. The number of piperidine rings is 1. The van der Waals surface area contributed by atoms with Crippen molar-refractivity contribution in [3.63, 3.8) is 0 Å². The molecule has 0 aromatic heterocycles. The molecular weight excluding hydrogens is 350 g/mol. The van der Waals surface area contributed by atoms with Crippen molar-refractivity contribution in [1.29, 1.82) is 0 Å². The summed E-state index contributed by atoms with van der Waals surface area (Å²) in [5.41, 5.74) is 2.47. The molecule has 0 radical (unpaired) electrons. The van der Waals surface area contributed by atoms with Gasteiger partial charge in [-0.2, -0.15) is 0 Å². The van der Waals surface area contributed by atoms with Gasteiger partial charge in [0.25, 0.3) is 0 Å². The van der Waals surface area contributed by atoms with E-state index in [4.69, 9.17) is 9.47 Å². The first kappa shape index (κ1) is 20.1. The van der Waals surface area contributed by atoms with Crippen LogP contribution >= 0.6 is 0 Å². The summed E-state index contributed by atoms with van der Waals surface area (Å²) >= 11 is 0. The van der Waals surface area contributed by atoms with Crippen LogP contribution in [-0.4, -0.2) is 50.8 Å². The average molecular weight is 382 g/mol. The molecule has 0 spiro atoms. The van der Waals surface area contributed by atoms with Gasteiger partial charge in [0.15, 0.2) is 5.96 Å². The maximum Gasteiger partial charge on any atom is 0.193 e. The quantitative estimate of drug-likeness (QED) is 0.613. The van der Waals surface area contributed by atoms with Crippen LogP contribution in [0, 0.1) is 6.92 Å². The third-order valence-corrected chi connectivity index (χ3v) is 5.11. The molecule has 5 heteroatoms. The molecule has 2 aromatic carbocycles. The first-order valence-electron chi connectivity index (χ1n) is 10.0. The van der Waals surface area contributed by atoms with Crippen LogP contribution in [0.3, 0.4) is 0 Å². The highest BCUT2D eigenvalue weighted by molar-refractivity contribution is 5.80. The number of hydrogen-bond donors (Lipinski definition) is 1. The predicted molar refractivity (Wildman–Crippen MR) is 114 cm³/mol. The number of aliphatic imine (C=N–C) groups is 1. The molecule has 0 bridgehead atoms. The van der Waals surface area contributed by atoms with E-state index >= 15 is 0 Å². The van der Waals surface area contributed by atoms with E-state index in [1.165, 1.54) is 11.1 Å². The lowest BCUT2D eigenvalue weighted by Crippen LogP contribution is -2.47. The van der Waals surface area contributed by atoms with E-state index in [0.29, 0.717) is 0 Å². The van der Waals surface area contributed by atoms with Crippen LogP contribution in [0.1, 0.15) is 24.0 Å². The molecule has 1 aliphatic rings. The second-order valence-electron chi connectivity index (χ2n) is 7.16. The Morgan fingerprint density at radius 1 is 1.14 bits per heavy atom. The number of nitrogens with one attached hydrogen (secondary N) is 1. The summed E-state index contributed by atoms with van der Waals surface area (Å²) in [7, 11) is 3.57. The highest BCUT2D eigenvalue weighted by Gasteiger charge is 2.22. The molecule has 5 nitrogen and oxygen atoms in total. The first-order valence-corrected chi connectivity index (χ1v) is 10.0. The second kappa shape index (κ2) is 10.0. The minimum absolute atomic E-state index is 0.272. The molecule has 150 valence electrons. The number of hydrogen-bond acceptors (Lipinski definition) is 3. The van der Waals surface area contributed by atoms with Crippen molar-refractivity contribution in [2.45, 2.75) is 32.3 Å². The maximum absolute atomic E-state index is 6.09. The van der Waals surface area contributed by atoms with Crippen LogP contribution < -0.4 is 14.8 Å². The van der Waals surface area contributed by atoms with E-state index in [0.717, 1.165) is 56.4 Å². The Bertz CT molecular complexity index is 769. The molecule has 1 aliphatic heterocycles. The minimum Gasteiger partial charge on any atom is -0.496 e. The summed E-state index contributed by atoms with van der Waals surface area (Å²) in [6.07, 6.45) is 3.17. The van der Waals surface area contributed by atoms with Gasteiger partial charge in [-0.1, -0.05) is 35.9 Å². The first-order chi connectivity index (χ1) is 13.7. The summed E-state index contributed by atoms with van der Waals surface area (Å²) in [4.78, 5) is 6.79. The fourth-order valence-electron chi connectivity index (χ4n) is 3.62. The Kier molecular flexibility index (Phi) is 7.18. The molecule has 1 saturated heterocycles.